The quantitative estimate of drug-likeness (QED) is 0.704. The lowest BCUT2D eigenvalue weighted by Gasteiger charge is -2.01. The van der Waals surface area contributed by atoms with E-state index in [1.54, 1.807) is 11.3 Å². The third kappa shape index (κ3) is 2.76. The van der Waals surface area contributed by atoms with Gasteiger partial charge in [-0.05, 0) is 38.1 Å². The van der Waals surface area contributed by atoms with Gasteiger partial charge in [-0.25, -0.2) is 4.98 Å². The first kappa shape index (κ1) is 13.3. The molecule has 20 heavy (non-hydrogen) atoms. The van der Waals surface area contributed by atoms with Crippen molar-refractivity contribution in [3.63, 3.8) is 0 Å². The van der Waals surface area contributed by atoms with Crippen LogP contribution in [0.5, 0.6) is 0 Å². The van der Waals surface area contributed by atoms with E-state index >= 15 is 0 Å². The summed E-state index contributed by atoms with van der Waals surface area (Å²) in [5.41, 5.74) is 2.74. The molecular weight excluding hydrogens is 266 g/mol. The van der Waals surface area contributed by atoms with Crippen molar-refractivity contribution in [2.24, 2.45) is 0 Å². The minimum Gasteiger partial charge on any atom is -0.340 e. The summed E-state index contributed by atoms with van der Waals surface area (Å²) < 4.78 is 2.32. The highest BCUT2D eigenvalue weighted by Gasteiger charge is 2.08. The van der Waals surface area contributed by atoms with Gasteiger partial charge in [0.2, 0.25) is 0 Å². The number of fused-ring (bicyclic) bond motifs is 1. The molecule has 0 radical (unpaired) electrons. The Labute approximate surface area is 123 Å². The summed E-state index contributed by atoms with van der Waals surface area (Å²) in [7, 11) is 2.01. The molecule has 0 atom stereocenters. The van der Waals surface area contributed by atoms with Gasteiger partial charge < -0.3 is 9.88 Å². The minimum atomic E-state index is 0.865. The fourth-order valence-corrected chi connectivity index (χ4v) is 3.20. The van der Waals surface area contributed by atoms with Crippen LogP contribution in [-0.2, 0) is 13.0 Å². The second-order valence-electron chi connectivity index (χ2n) is 4.93. The second kappa shape index (κ2) is 6.20. The molecule has 0 saturated carbocycles. The number of hydrogen-bond donors (Lipinski definition) is 1. The number of para-hydroxylation sites is 1. The molecule has 0 aliphatic carbocycles. The van der Waals surface area contributed by atoms with E-state index in [0.717, 1.165) is 24.5 Å². The van der Waals surface area contributed by atoms with Crippen LogP contribution >= 0.6 is 11.3 Å². The number of benzene rings is 1. The first-order valence-electron chi connectivity index (χ1n) is 6.98. The van der Waals surface area contributed by atoms with Crippen molar-refractivity contribution in [1.29, 1.82) is 0 Å². The molecule has 3 aromatic rings. The van der Waals surface area contributed by atoms with E-state index in [4.69, 9.17) is 0 Å². The molecule has 1 N–H and O–H groups in total. The Morgan fingerprint density at radius 2 is 2.20 bits per heavy atom. The largest absolute Gasteiger partial charge is 0.340 e. The Hall–Kier alpha value is -1.65. The van der Waals surface area contributed by atoms with Crippen LogP contribution in [0.15, 0.2) is 42.0 Å². The molecule has 4 heteroatoms. The molecule has 3 nitrogen and oxygen atoms in total. The van der Waals surface area contributed by atoms with E-state index in [1.807, 2.05) is 18.6 Å². The van der Waals surface area contributed by atoms with Gasteiger partial charge in [-0.2, -0.15) is 0 Å². The van der Waals surface area contributed by atoms with Crippen LogP contribution in [0.3, 0.4) is 0 Å². The predicted octanol–water partition coefficient (Wildman–Crippen LogP) is 3.30. The highest BCUT2D eigenvalue weighted by molar-refractivity contribution is 7.09. The molecule has 0 amide bonds. The predicted molar refractivity (Wildman–Crippen MR) is 85.4 cm³/mol. The lowest BCUT2D eigenvalue weighted by atomic mass is 10.1. The molecule has 1 aromatic carbocycles. The Morgan fingerprint density at radius 1 is 1.30 bits per heavy atom. The molecule has 104 valence electrons. The number of aromatic nitrogens is 2. The Bertz CT molecular complexity index is 670. The molecule has 0 aliphatic heterocycles. The van der Waals surface area contributed by atoms with Crippen molar-refractivity contribution in [3.8, 4) is 0 Å². The molecule has 0 bridgehead atoms. The molecule has 0 unspecified atom stereocenters. The zero-order valence-corrected chi connectivity index (χ0v) is 12.5. The molecular formula is C16H19N3S. The van der Waals surface area contributed by atoms with Gasteiger partial charge >= 0.3 is 0 Å². The maximum Gasteiger partial charge on any atom is 0.112 e. The zero-order valence-electron chi connectivity index (χ0n) is 11.7. The van der Waals surface area contributed by atoms with Gasteiger partial charge in [-0.1, -0.05) is 18.2 Å². The maximum absolute atomic E-state index is 4.39. The van der Waals surface area contributed by atoms with E-state index in [1.165, 1.54) is 22.9 Å². The van der Waals surface area contributed by atoms with Crippen LogP contribution in [0.4, 0.5) is 0 Å². The lowest BCUT2D eigenvalue weighted by molar-refractivity contribution is 0.723. The summed E-state index contributed by atoms with van der Waals surface area (Å²) >= 11 is 1.72. The highest BCUT2D eigenvalue weighted by Crippen LogP contribution is 2.23. The molecule has 2 aromatic heterocycles. The third-order valence-corrected chi connectivity index (χ3v) is 4.30. The minimum absolute atomic E-state index is 0.865. The number of aryl methyl sites for hydroxylation is 1. The first-order valence-corrected chi connectivity index (χ1v) is 7.86. The number of hydrogen-bond acceptors (Lipinski definition) is 3. The molecule has 2 heterocycles. The standard InChI is InChI=1S/C16H19N3S/c1-17-8-4-5-13-11-19(12-16-18-9-10-20-16)15-7-3-2-6-14(13)15/h2-3,6-7,9-11,17H,4-5,8,12H2,1H3. The average molecular weight is 285 g/mol. The molecule has 0 fully saturated rings. The third-order valence-electron chi connectivity index (χ3n) is 3.53. The summed E-state index contributed by atoms with van der Waals surface area (Å²) in [5.74, 6) is 0. The van der Waals surface area contributed by atoms with Crippen LogP contribution in [-0.4, -0.2) is 23.1 Å². The normalized spacial score (nSPS) is 11.2. The summed E-state index contributed by atoms with van der Waals surface area (Å²) in [6, 6.07) is 8.66. The van der Waals surface area contributed by atoms with E-state index in [2.05, 4.69) is 45.3 Å². The SMILES string of the molecule is CNCCCc1cn(Cc2nccs2)c2ccccc12. The van der Waals surface area contributed by atoms with Gasteiger partial charge in [0.1, 0.15) is 5.01 Å². The van der Waals surface area contributed by atoms with E-state index in [9.17, 15) is 0 Å². The van der Waals surface area contributed by atoms with Gasteiger partial charge in [0.15, 0.2) is 0 Å². The fourth-order valence-electron chi connectivity index (χ4n) is 2.59. The van der Waals surface area contributed by atoms with E-state index in [-0.39, 0.29) is 0 Å². The summed E-state index contributed by atoms with van der Waals surface area (Å²) in [6.07, 6.45) is 6.45. The number of rotatable bonds is 6. The van der Waals surface area contributed by atoms with Crippen molar-refractivity contribution in [2.75, 3.05) is 13.6 Å². The molecule has 3 rings (SSSR count). The number of thiazole rings is 1. The average Bonchev–Trinajstić information content (AvgIpc) is 3.09. The van der Waals surface area contributed by atoms with Gasteiger partial charge in [0.05, 0.1) is 6.54 Å². The molecule has 0 saturated heterocycles. The monoisotopic (exact) mass is 285 g/mol. The van der Waals surface area contributed by atoms with Gasteiger partial charge in [0.25, 0.3) is 0 Å². The smallest absolute Gasteiger partial charge is 0.112 e. The van der Waals surface area contributed by atoms with E-state index in [0.29, 0.717) is 0 Å². The van der Waals surface area contributed by atoms with E-state index < -0.39 is 0 Å². The highest BCUT2D eigenvalue weighted by atomic mass is 32.1. The fraction of sp³-hybridized carbons (Fsp3) is 0.312. The van der Waals surface area contributed by atoms with Gasteiger partial charge in [-0.3, -0.25) is 0 Å². The Morgan fingerprint density at radius 3 is 3.00 bits per heavy atom. The maximum atomic E-state index is 4.39. The summed E-state index contributed by atoms with van der Waals surface area (Å²) in [5, 5.41) is 7.79. The topological polar surface area (TPSA) is 29.9 Å². The molecule has 0 aliphatic rings. The Balaban J connectivity index is 1.91. The summed E-state index contributed by atoms with van der Waals surface area (Å²) in [4.78, 5) is 4.39. The van der Waals surface area contributed by atoms with Crippen molar-refractivity contribution in [1.82, 2.24) is 14.9 Å². The number of nitrogens with one attached hydrogen (secondary N) is 1. The van der Waals surface area contributed by atoms with Crippen molar-refractivity contribution >= 4 is 22.2 Å². The first-order chi connectivity index (χ1) is 9.88. The number of nitrogens with zero attached hydrogens (tertiary/aromatic N) is 2. The lowest BCUT2D eigenvalue weighted by Crippen LogP contribution is -2.08. The van der Waals surface area contributed by atoms with Crippen LogP contribution in [0.25, 0.3) is 10.9 Å². The van der Waals surface area contributed by atoms with Crippen LogP contribution < -0.4 is 5.32 Å². The van der Waals surface area contributed by atoms with Crippen LogP contribution in [0, 0.1) is 0 Å². The summed E-state index contributed by atoms with van der Waals surface area (Å²) in [6.45, 7) is 1.93. The van der Waals surface area contributed by atoms with Crippen LogP contribution in [0.2, 0.25) is 0 Å². The second-order valence-corrected chi connectivity index (χ2v) is 5.91. The van der Waals surface area contributed by atoms with Gasteiger partial charge in [0, 0.05) is 28.7 Å². The molecule has 0 spiro atoms. The van der Waals surface area contributed by atoms with Crippen molar-refractivity contribution < 1.29 is 0 Å². The zero-order chi connectivity index (χ0) is 13.8. The Kier molecular flexibility index (Phi) is 4.14. The van der Waals surface area contributed by atoms with Crippen LogP contribution in [0.1, 0.15) is 17.0 Å². The van der Waals surface area contributed by atoms with Gasteiger partial charge in [-0.15, -0.1) is 11.3 Å². The van der Waals surface area contributed by atoms with Crippen molar-refractivity contribution in [3.05, 3.63) is 52.6 Å². The van der Waals surface area contributed by atoms with Crippen molar-refractivity contribution in [2.45, 2.75) is 19.4 Å².